The van der Waals surface area contributed by atoms with E-state index in [4.69, 9.17) is 15.2 Å². The number of hydrazine groups is 1. The molecule has 0 radical (unpaired) electrons. The van der Waals surface area contributed by atoms with Crippen LogP contribution in [-0.4, -0.2) is 75.5 Å². The van der Waals surface area contributed by atoms with Crippen LogP contribution in [0.1, 0.15) is 157 Å². The van der Waals surface area contributed by atoms with E-state index in [9.17, 15) is 9.59 Å². The van der Waals surface area contributed by atoms with Gasteiger partial charge in [0.1, 0.15) is 12.2 Å². The molecule has 0 unspecified atom stereocenters. The number of hydrogen-bond acceptors (Lipinski definition) is 11. The fourth-order valence-electron chi connectivity index (χ4n) is 5.61. The first-order valence-corrected chi connectivity index (χ1v) is 21.8. The molecule has 0 bridgehead atoms. The molecule has 1 aliphatic carbocycles. The first kappa shape index (κ1) is 54.3. The monoisotopic (exact) mass is 825 g/mol. The number of unbranched alkanes of at least 4 members (excludes halogenated alkanes) is 2. The van der Waals surface area contributed by atoms with Gasteiger partial charge in [-0.05, 0) is 78.0 Å². The Morgan fingerprint density at radius 1 is 0.983 bits per heavy atom. The number of carbonyl (C=O) groups excluding carboxylic acids is 2. The fourth-order valence-corrected chi connectivity index (χ4v) is 5.61. The lowest BCUT2D eigenvalue weighted by molar-refractivity contribution is -0.160. The van der Waals surface area contributed by atoms with E-state index in [1.165, 1.54) is 18.5 Å². The van der Waals surface area contributed by atoms with Gasteiger partial charge in [0, 0.05) is 50.6 Å². The molecule has 0 spiro atoms. The van der Waals surface area contributed by atoms with Crippen LogP contribution >= 0.6 is 0 Å². The third-order valence-electron chi connectivity index (χ3n) is 8.56. The molecule has 1 fully saturated rings. The van der Waals surface area contributed by atoms with Crippen LogP contribution in [0.3, 0.4) is 0 Å². The van der Waals surface area contributed by atoms with E-state index >= 15 is 0 Å². The molecule has 0 saturated heterocycles. The Kier molecular flexibility index (Phi) is 28.8. The summed E-state index contributed by atoms with van der Waals surface area (Å²) in [5.41, 5.74) is 15.1. The second-order valence-electron chi connectivity index (χ2n) is 14.3. The van der Waals surface area contributed by atoms with Crippen molar-refractivity contribution in [2.75, 3.05) is 44.0 Å². The zero-order chi connectivity index (χ0) is 44.8. The number of nitrogens with one attached hydrogen (secondary N) is 4. The van der Waals surface area contributed by atoms with Crippen LogP contribution in [0.25, 0.3) is 11.3 Å². The summed E-state index contributed by atoms with van der Waals surface area (Å²) in [6, 6.07) is 3.31. The fraction of sp³-hybridized carbons (Fsp3) is 0.622. The molecule has 14 nitrogen and oxygen atoms in total. The summed E-state index contributed by atoms with van der Waals surface area (Å²) in [6.45, 7) is 27.9. The molecule has 3 aromatic heterocycles. The van der Waals surface area contributed by atoms with Crippen molar-refractivity contribution >= 4 is 34.7 Å². The maximum Gasteiger partial charge on any atom is 0.332 e. The van der Waals surface area contributed by atoms with E-state index in [-0.39, 0.29) is 18.6 Å². The van der Waals surface area contributed by atoms with Crippen molar-refractivity contribution in [2.45, 2.75) is 153 Å². The topological polar surface area (TPSA) is 173 Å². The van der Waals surface area contributed by atoms with Gasteiger partial charge in [-0.3, -0.25) is 4.98 Å². The Labute approximate surface area is 356 Å². The first-order chi connectivity index (χ1) is 28.3. The van der Waals surface area contributed by atoms with Gasteiger partial charge >= 0.3 is 12.0 Å². The van der Waals surface area contributed by atoms with Gasteiger partial charge in [-0.2, -0.15) is 5.10 Å². The highest BCUT2D eigenvalue weighted by Gasteiger charge is 2.25. The van der Waals surface area contributed by atoms with Crippen molar-refractivity contribution in [3.63, 3.8) is 0 Å². The van der Waals surface area contributed by atoms with Gasteiger partial charge in [0.15, 0.2) is 5.65 Å². The Balaban J connectivity index is 0.00000168. The van der Waals surface area contributed by atoms with Crippen molar-refractivity contribution in [1.82, 2.24) is 35.3 Å². The summed E-state index contributed by atoms with van der Waals surface area (Å²) in [6.07, 6.45) is 17.6. The molecular formula is C45H80N10O4. The van der Waals surface area contributed by atoms with E-state index in [2.05, 4.69) is 63.3 Å². The first-order valence-electron chi connectivity index (χ1n) is 21.8. The van der Waals surface area contributed by atoms with E-state index in [0.717, 1.165) is 62.0 Å². The van der Waals surface area contributed by atoms with E-state index in [1.807, 2.05) is 97.9 Å². The molecule has 1 saturated carbocycles. The molecule has 0 aromatic carbocycles. The molecule has 59 heavy (non-hydrogen) atoms. The van der Waals surface area contributed by atoms with Crippen molar-refractivity contribution in [3.05, 3.63) is 65.6 Å². The lowest BCUT2D eigenvalue weighted by atomic mass is 10.0. The minimum Gasteiger partial charge on any atom is -0.458 e. The quantitative estimate of drug-likeness (QED) is 0.0820. The summed E-state index contributed by atoms with van der Waals surface area (Å²) in [5.74, 6) is -0.0335. The number of pyridine rings is 1. The second kappa shape index (κ2) is 31.3. The molecule has 334 valence electrons. The van der Waals surface area contributed by atoms with Crippen molar-refractivity contribution in [1.29, 1.82) is 0 Å². The van der Waals surface area contributed by atoms with Crippen LogP contribution < -0.4 is 27.1 Å². The number of hydrogen-bond donors (Lipinski definition) is 5. The number of aryl methyl sites for hydroxylation is 1. The number of nitrogens with two attached hydrogens (primary N) is 1. The van der Waals surface area contributed by atoms with Crippen LogP contribution in [0.2, 0.25) is 0 Å². The summed E-state index contributed by atoms with van der Waals surface area (Å²) < 4.78 is 12.4. The SMILES string of the molecule is CC.CC.CC.CC1=CCNN1C.CCCC.Cc1cc(NC(=O)Nc2cnc3ccnn3c2C2CCCC2)cnc1/C(N)=C/NCCCCOCC(=O)OC(C)(C)C. The van der Waals surface area contributed by atoms with Crippen molar-refractivity contribution < 1.29 is 19.1 Å². The van der Waals surface area contributed by atoms with Crippen LogP contribution in [0.15, 0.2) is 48.7 Å². The summed E-state index contributed by atoms with van der Waals surface area (Å²) in [4.78, 5) is 33.5. The lowest BCUT2D eigenvalue weighted by Gasteiger charge is -2.19. The molecule has 2 amide bonds. The minimum absolute atomic E-state index is 0.0469. The third-order valence-corrected chi connectivity index (χ3v) is 8.56. The number of ether oxygens (including phenoxy) is 2. The Bertz CT molecular complexity index is 1660. The predicted molar refractivity (Wildman–Crippen MR) is 246 cm³/mol. The average Bonchev–Trinajstić information content (AvgIpc) is 4.01. The van der Waals surface area contributed by atoms with Crippen LogP contribution in [0.5, 0.6) is 0 Å². The van der Waals surface area contributed by atoms with E-state index in [1.54, 1.807) is 24.8 Å². The van der Waals surface area contributed by atoms with E-state index in [0.29, 0.717) is 41.8 Å². The third kappa shape index (κ3) is 21.2. The van der Waals surface area contributed by atoms with Gasteiger partial charge in [0.2, 0.25) is 0 Å². The Morgan fingerprint density at radius 3 is 2.19 bits per heavy atom. The molecule has 4 heterocycles. The highest BCUT2D eigenvalue weighted by molar-refractivity contribution is 6.00. The largest absolute Gasteiger partial charge is 0.458 e. The molecular weight excluding hydrogens is 745 g/mol. The molecule has 3 aromatic rings. The van der Waals surface area contributed by atoms with Crippen LogP contribution in [0, 0.1) is 6.92 Å². The highest BCUT2D eigenvalue weighted by atomic mass is 16.6. The maximum atomic E-state index is 12.9. The van der Waals surface area contributed by atoms with Crippen molar-refractivity contribution in [2.24, 2.45) is 5.73 Å². The van der Waals surface area contributed by atoms with Gasteiger partial charge in [-0.1, -0.05) is 81.1 Å². The van der Waals surface area contributed by atoms with Crippen LogP contribution in [0.4, 0.5) is 16.2 Å². The second-order valence-corrected chi connectivity index (χ2v) is 14.3. The molecule has 6 N–H and O–H groups in total. The number of carbonyl (C=O) groups is 2. The number of anilines is 2. The minimum atomic E-state index is -0.511. The zero-order valence-corrected chi connectivity index (χ0v) is 39.1. The van der Waals surface area contributed by atoms with Gasteiger partial charge in [-0.25, -0.2) is 24.5 Å². The summed E-state index contributed by atoms with van der Waals surface area (Å²) in [5, 5.41) is 15.5. The Morgan fingerprint density at radius 2 is 1.64 bits per heavy atom. The van der Waals surface area contributed by atoms with Crippen molar-refractivity contribution in [3.8, 4) is 0 Å². The number of esters is 1. The van der Waals surface area contributed by atoms with E-state index < -0.39 is 5.60 Å². The highest BCUT2D eigenvalue weighted by Crippen LogP contribution is 2.37. The van der Waals surface area contributed by atoms with Gasteiger partial charge in [0.05, 0.1) is 47.1 Å². The standard InChI is InChI=1S/C30H42N8O4.C5H10N2.C4H10.3C2H6/c1-20-15-22(16-34-27(20)23(31)17-32-12-7-8-14-41-19-26(39)42-30(2,3)4)36-29(40)37-24-18-33-25-11-13-35-38(25)28(24)21-9-5-6-10-21;1-5-3-4-6-7(5)2;1-3-4-2;3*1-2/h11,13,15-18,21,32H,5-10,12,14,19,31H2,1-4H3,(H2,36,37,40);3,6H,4H2,1-2H3;3-4H2,1-2H3;3*1-2H3/b23-17-;;;;;. The predicted octanol–water partition coefficient (Wildman–Crippen LogP) is 9.94. The smallest absolute Gasteiger partial charge is 0.332 e. The molecule has 5 rings (SSSR count). The normalized spacial score (nSPS) is 13.4. The Hall–Kier alpha value is -4.69. The molecule has 2 aliphatic rings. The number of amides is 2. The zero-order valence-electron chi connectivity index (χ0n) is 39.1. The van der Waals surface area contributed by atoms with Gasteiger partial charge in [0.25, 0.3) is 0 Å². The van der Waals surface area contributed by atoms with Gasteiger partial charge in [-0.15, -0.1) is 0 Å². The molecule has 1 aliphatic heterocycles. The number of fused-ring (bicyclic) bond motifs is 1. The summed E-state index contributed by atoms with van der Waals surface area (Å²) >= 11 is 0. The number of allylic oxidation sites excluding steroid dienone is 1. The molecule has 0 atom stereocenters. The number of aromatic nitrogens is 4. The van der Waals surface area contributed by atoms with Crippen LogP contribution in [-0.2, 0) is 14.3 Å². The maximum absolute atomic E-state index is 12.9. The lowest BCUT2D eigenvalue weighted by Crippen LogP contribution is -2.26. The summed E-state index contributed by atoms with van der Waals surface area (Å²) in [7, 11) is 2.01. The molecule has 14 heteroatoms. The van der Waals surface area contributed by atoms with Gasteiger partial charge < -0.3 is 36.2 Å². The number of rotatable bonds is 13. The average molecular weight is 825 g/mol. The number of nitrogens with zero attached hydrogens (tertiary/aromatic N) is 5. The number of urea groups is 1.